The van der Waals surface area contributed by atoms with Crippen molar-refractivity contribution in [3.8, 4) is 5.75 Å². The molecule has 0 spiro atoms. The van der Waals surface area contributed by atoms with Crippen LogP contribution in [0.4, 0.5) is 5.69 Å². The van der Waals surface area contributed by atoms with Gasteiger partial charge in [-0.05, 0) is 55.5 Å². The first-order chi connectivity index (χ1) is 15.9. The number of carbonyl (C=O) groups excluding carboxylic acids is 2. The van der Waals surface area contributed by atoms with Crippen molar-refractivity contribution < 1.29 is 19.1 Å². The molecule has 11 heteroatoms. The summed E-state index contributed by atoms with van der Waals surface area (Å²) < 4.78 is 12.2. The minimum Gasteiger partial charge on any atom is -0.483 e. The maximum absolute atomic E-state index is 12.4. The molecule has 33 heavy (non-hydrogen) atoms. The number of rotatable bonds is 7. The van der Waals surface area contributed by atoms with Crippen molar-refractivity contribution in [2.45, 2.75) is 6.92 Å². The standard InChI is InChI=1S/C22H17ClN4O5S/c1-2-31-21(30)13-3-6-16(7-4-13)26-19(28)11-32-17-8-5-15(23)9-14(17)10-18-20(29)27-22(33-18)24-12-25-27/h3-10,12H,2,11H2,1H3,(H,26,28)/b18-10-. The van der Waals surface area contributed by atoms with Crippen LogP contribution in [0.25, 0.3) is 11.0 Å². The molecule has 0 saturated heterocycles. The van der Waals surface area contributed by atoms with E-state index in [0.29, 0.717) is 37.1 Å². The third kappa shape index (κ3) is 5.18. The summed E-state index contributed by atoms with van der Waals surface area (Å²) in [7, 11) is 0. The van der Waals surface area contributed by atoms with Crippen molar-refractivity contribution in [1.29, 1.82) is 0 Å². The number of carbonyl (C=O) groups is 2. The van der Waals surface area contributed by atoms with Crippen LogP contribution in [0.15, 0.2) is 53.6 Å². The number of hydrogen-bond donors (Lipinski definition) is 1. The molecule has 2 aromatic carbocycles. The van der Waals surface area contributed by atoms with Crippen LogP contribution in [0.1, 0.15) is 22.8 Å². The van der Waals surface area contributed by atoms with Crippen LogP contribution in [-0.4, -0.2) is 39.7 Å². The third-order valence-corrected chi connectivity index (χ3v) is 5.63. The molecule has 1 amide bonds. The lowest BCUT2D eigenvalue weighted by Gasteiger charge is -2.10. The summed E-state index contributed by atoms with van der Waals surface area (Å²) in [5.41, 5.74) is 1.13. The predicted molar refractivity (Wildman–Crippen MR) is 124 cm³/mol. The van der Waals surface area contributed by atoms with Gasteiger partial charge in [-0.1, -0.05) is 22.9 Å². The molecule has 0 unspecified atom stereocenters. The molecule has 2 heterocycles. The smallest absolute Gasteiger partial charge is 0.338 e. The second-order valence-electron chi connectivity index (χ2n) is 6.69. The highest BCUT2D eigenvalue weighted by molar-refractivity contribution is 7.15. The van der Waals surface area contributed by atoms with E-state index >= 15 is 0 Å². The number of thiazole rings is 1. The number of hydrogen-bond acceptors (Lipinski definition) is 8. The number of aromatic nitrogens is 3. The Kier molecular flexibility index (Phi) is 6.66. The quantitative estimate of drug-likeness (QED) is 0.401. The molecular weight excluding hydrogens is 468 g/mol. The van der Waals surface area contributed by atoms with Crippen LogP contribution in [0.3, 0.4) is 0 Å². The fraction of sp³-hybridized carbons (Fsp3) is 0.136. The third-order valence-electron chi connectivity index (χ3n) is 4.42. The van der Waals surface area contributed by atoms with Crippen molar-refractivity contribution in [3.05, 3.63) is 79.8 Å². The lowest BCUT2D eigenvalue weighted by molar-refractivity contribution is -0.118. The average molecular weight is 485 g/mol. The van der Waals surface area contributed by atoms with Gasteiger partial charge in [-0.2, -0.15) is 9.61 Å². The summed E-state index contributed by atoms with van der Waals surface area (Å²) in [6.07, 6.45) is 2.94. The molecule has 0 aliphatic rings. The van der Waals surface area contributed by atoms with Crippen LogP contribution in [-0.2, 0) is 9.53 Å². The molecule has 0 aliphatic heterocycles. The Morgan fingerprint density at radius 2 is 2.00 bits per heavy atom. The van der Waals surface area contributed by atoms with Crippen molar-refractivity contribution >= 4 is 51.5 Å². The van der Waals surface area contributed by atoms with Gasteiger partial charge in [0.25, 0.3) is 11.5 Å². The second kappa shape index (κ2) is 9.80. The number of anilines is 1. The number of amides is 1. The fourth-order valence-electron chi connectivity index (χ4n) is 2.93. The van der Waals surface area contributed by atoms with Crippen LogP contribution in [0, 0.1) is 0 Å². The molecule has 0 fully saturated rings. The largest absolute Gasteiger partial charge is 0.483 e. The van der Waals surface area contributed by atoms with E-state index in [1.807, 2.05) is 0 Å². The monoisotopic (exact) mass is 484 g/mol. The van der Waals surface area contributed by atoms with Gasteiger partial charge in [-0.15, -0.1) is 0 Å². The van der Waals surface area contributed by atoms with Crippen LogP contribution in [0.5, 0.6) is 5.75 Å². The van der Waals surface area contributed by atoms with Gasteiger partial charge in [0.2, 0.25) is 4.96 Å². The van der Waals surface area contributed by atoms with Gasteiger partial charge in [-0.25, -0.2) is 9.78 Å². The average Bonchev–Trinajstić information content (AvgIpc) is 3.37. The first kappa shape index (κ1) is 22.4. The van der Waals surface area contributed by atoms with E-state index in [1.165, 1.54) is 22.2 Å². The molecule has 1 N–H and O–H groups in total. The summed E-state index contributed by atoms with van der Waals surface area (Å²) in [4.78, 5) is 41.0. The summed E-state index contributed by atoms with van der Waals surface area (Å²) in [6, 6.07) is 11.2. The molecule has 0 radical (unpaired) electrons. The summed E-state index contributed by atoms with van der Waals surface area (Å²) in [6.45, 7) is 1.74. The maximum Gasteiger partial charge on any atom is 0.338 e. The van der Waals surface area contributed by atoms with E-state index in [2.05, 4.69) is 15.4 Å². The Hall–Kier alpha value is -3.76. The molecule has 0 aliphatic carbocycles. The van der Waals surface area contributed by atoms with E-state index in [1.54, 1.807) is 55.5 Å². The molecular formula is C22H17ClN4O5S. The molecule has 2 aromatic heterocycles. The Morgan fingerprint density at radius 1 is 1.21 bits per heavy atom. The van der Waals surface area contributed by atoms with Crippen molar-refractivity contribution in [2.75, 3.05) is 18.5 Å². The highest BCUT2D eigenvalue weighted by Crippen LogP contribution is 2.24. The zero-order valence-corrected chi connectivity index (χ0v) is 18.9. The van der Waals surface area contributed by atoms with Crippen molar-refractivity contribution in [3.63, 3.8) is 0 Å². The van der Waals surface area contributed by atoms with Gasteiger partial charge < -0.3 is 14.8 Å². The van der Waals surface area contributed by atoms with Gasteiger partial charge in [0, 0.05) is 16.3 Å². The van der Waals surface area contributed by atoms with E-state index in [0.717, 1.165) is 0 Å². The van der Waals surface area contributed by atoms with Crippen molar-refractivity contribution in [2.24, 2.45) is 0 Å². The number of halogens is 1. The highest BCUT2D eigenvalue weighted by Gasteiger charge is 2.11. The maximum atomic E-state index is 12.4. The SMILES string of the molecule is CCOC(=O)c1ccc(NC(=O)COc2ccc(Cl)cc2/C=c2\sc3ncnn3c2=O)cc1. The number of ether oxygens (including phenoxy) is 2. The minimum atomic E-state index is -0.429. The summed E-state index contributed by atoms with van der Waals surface area (Å²) >= 11 is 7.30. The van der Waals surface area contributed by atoms with E-state index in [-0.39, 0.29) is 18.8 Å². The molecule has 0 bridgehead atoms. The molecule has 0 saturated carbocycles. The molecule has 168 valence electrons. The number of fused-ring (bicyclic) bond motifs is 1. The molecule has 9 nitrogen and oxygen atoms in total. The van der Waals surface area contributed by atoms with Crippen LogP contribution in [0.2, 0.25) is 5.02 Å². The van der Waals surface area contributed by atoms with Gasteiger partial charge in [0.1, 0.15) is 12.1 Å². The number of nitrogens with one attached hydrogen (secondary N) is 1. The lowest BCUT2D eigenvalue weighted by atomic mass is 10.2. The molecule has 4 rings (SSSR count). The van der Waals surface area contributed by atoms with E-state index in [4.69, 9.17) is 21.1 Å². The van der Waals surface area contributed by atoms with Gasteiger partial charge in [0.15, 0.2) is 6.61 Å². The van der Waals surface area contributed by atoms with Crippen molar-refractivity contribution in [1.82, 2.24) is 14.6 Å². The van der Waals surface area contributed by atoms with Gasteiger partial charge in [-0.3, -0.25) is 9.59 Å². The zero-order chi connectivity index (χ0) is 23.4. The fourth-order valence-corrected chi connectivity index (χ4v) is 3.98. The Balaban J connectivity index is 1.46. The lowest BCUT2D eigenvalue weighted by Crippen LogP contribution is -2.24. The van der Waals surface area contributed by atoms with E-state index < -0.39 is 11.9 Å². The Morgan fingerprint density at radius 3 is 2.73 bits per heavy atom. The number of benzene rings is 2. The van der Waals surface area contributed by atoms with Gasteiger partial charge in [0.05, 0.1) is 16.7 Å². The van der Waals surface area contributed by atoms with Crippen LogP contribution >= 0.6 is 22.9 Å². The normalized spacial score (nSPS) is 11.5. The topological polar surface area (TPSA) is 112 Å². The summed E-state index contributed by atoms with van der Waals surface area (Å²) in [5.74, 6) is -0.449. The zero-order valence-electron chi connectivity index (χ0n) is 17.3. The second-order valence-corrected chi connectivity index (χ2v) is 8.13. The molecule has 0 atom stereocenters. The summed E-state index contributed by atoms with van der Waals surface area (Å²) in [5, 5.41) is 7.04. The minimum absolute atomic E-state index is 0.276. The highest BCUT2D eigenvalue weighted by atomic mass is 35.5. The number of esters is 1. The van der Waals surface area contributed by atoms with E-state index in [9.17, 15) is 14.4 Å². The Labute approximate surface area is 196 Å². The Bertz CT molecular complexity index is 1430. The first-order valence-corrected chi connectivity index (χ1v) is 11.0. The van der Waals surface area contributed by atoms with Gasteiger partial charge >= 0.3 is 5.97 Å². The molecule has 4 aromatic rings. The predicted octanol–water partition coefficient (Wildman–Crippen LogP) is 2.55. The van der Waals surface area contributed by atoms with Crippen LogP contribution < -0.4 is 20.1 Å². The first-order valence-electron chi connectivity index (χ1n) is 9.78. The number of nitrogens with zero attached hydrogens (tertiary/aromatic N) is 3.